The molecule has 4 nitrogen and oxygen atoms in total. The Morgan fingerprint density at radius 2 is 1.86 bits per heavy atom. The maximum absolute atomic E-state index is 11.5. The third kappa shape index (κ3) is 3.79. The largest absolute Gasteiger partial charge is 0.478 e. The SMILES string of the molecule is CCCN(CCC)Cc1cc(C(=O)O)c2ccccc2n1. The molecule has 0 amide bonds. The minimum atomic E-state index is -0.896. The molecule has 0 saturated carbocycles. The molecule has 1 aromatic carbocycles. The van der Waals surface area contributed by atoms with Crippen LogP contribution in [0.15, 0.2) is 30.3 Å². The number of carboxylic acid groups (broad SMARTS) is 1. The van der Waals surface area contributed by atoms with Crippen molar-refractivity contribution in [2.45, 2.75) is 33.2 Å². The molecule has 2 rings (SSSR count). The highest BCUT2D eigenvalue weighted by molar-refractivity contribution is 6.02. The third-order valence-corrected chi connectivity index (χ3v) is 3.46. The zero-order valence-corrected chi connectivity index (χ0v) is 12.7. The fraction of sp³-hybridized carbons (Fsp3) is 0.412. The molecule has 0 spiro atoms. The van der Waals surface area contributed by atoms with Gasteiger partial charge >= 0.3 is 5.97 Å². The smallest absolute Gasteiger partial charge is 0.336 e. The second-order valence-electron chi connectivity index (χ2n) is 5.26. The molecule has 0 fully saturated rings. The fourth-order valence-electron chi connectivity index (χ4n) is 2.62. The van der Waals surface area contributed by atoms with Gasteiger partial charge in [0.2, 0.25) is 0 Å². The van der Waals surface area contributed by atoms with Crippen LogP contribution in [0.1, 0.15) is 42.7 Å². The maximum Gasteiger partial charge on any atom is 0.336 e. The number of fused-ring (bicyclic) bond motifs is 1. The van der Waals surface area contributed by atoms with Crippen molar-refractivity contribution in [3.8, 4) is 0 Å². The number of rotatable bonds is 7. The normalized spacial score (nSPS) is 11.2. The van der Waals surface area contributed by atoms with Crippen molar-refractivity contribution in [2.24, 2.45) is 0 Å². The number of hydrogen-bond donors (Lipinski definition) is 1. The summed E-state index contributed by atoms with van der Waals surface area (Å²) < 4.78 is 0. The Labute approximate surface area is 125 Å². The van der Waals surface area contributed by atoms with E-state index in [1.165, 1.54) is 0 Å². The first-order chi connectivity index (χ1) is 10.2. The summed E-state index contributed by atoms with van der Waals surface area (Å²) in [4.78, 5) is 18.4. The predicted molar refractivity (Wildman–Crippen MR) is 84.6 cm³/mol. The van der Waals surface area contributed by atoms with Gasteiger partial charge in [-0.05, 0) is 38.1 Å². The van der Waals surface area contributed by atoms with Gasteiger partial charge < -0.3 is 5.11 Å². The molecule has 0 radical (unpaired) electrons. The van der Waals surface area contributed by atoms with Gasteiger partial charge in [0.05, 0.1) is 16.8 Å². The molecule has 21 heavy (non-hydrogen) atoms. The number of benzene rings is 1. The molecular weight excluding hydrogens is 264 g/mol. The average molecular weight is 286 g/mol. The first-order valence-electron chi connectivity index (χ1n) is 7.50. The molecule has 112 valence electrons. The van der Waals surface area contributed by atoms with Gasteiger partial charge in [0.15, 0.2) is 0 Å². The molecule has 0 aliphatic heterocycles. The molecule has 1 N–H and O–H groups in total. The van der Waals surface area contributed by atoms with Crippen LogP contribution >= 0.6 is 0 Å². The van der Waals surface area contributed by atoms with Crippen molar-refractivity contribution < 1.29 is 9.90 Å². The van der Waals surface area contributed by atoms with Crippen LogP contribution < -0.4 is 0 Å². The van der Waals surface area contributed by atoms with Gasteiger partial charge in [0, 0.05) is 11.9 Å². The van der Waals surface area contributed by atoms with E-state index in [0.29, 0.717) is 17.5 Å². The van der Waals surface area contributed by atoms with Crippen LogP contribution in [0.25, 0.3) is 10.9 Å². The number of aromatic nitrogens is 1. The number of carboxylic acids is 1. The van der Waals surface area contributed by atoms with Crippen molar-refractivity contribution in [1.29, 1.82) is 0 Å². The summed E-state index contributed by atoms with van der Waals surface area (Å²) in [6, 6.07) is 9.13. The Morgan fingerprint density at radius 3 is 2.48 bits per heavy atom. The summed E-state index contributed by atoms with van der Waals surface area (Å²) in [7, 11) is 0. The van der Waals surface area contributed by atoms with Gasteiger partial charge in [0.1, 0.15) is 0 Å². The predicted octanol–water partition coefficient (Wildman–Crippen LogP) is 3.56. The summed E-state index contributed by atoms with van der Waals surface area (Å²) in [5, 5.41) is 10.1. The molecule has 0 aliphatic rings. The highest BCUT2D eigenvalue weighted by Crippen LogP contribution is 2.19. The monoisotopic (exact) mass is 286 g/mol. The minimum absolute atomic E-state index is 0.337. The van der Waals surface area contributed by atoms with E-state index in [2.05, 4.69) is 23.7 Å². The number of para-hydroxylation sites is 1. The van der Waals surface area contributed by atoms with E-state index in [4.69, 9.17) is 0 Å². The van der Waals surface area contributed by atoms with Crippen molar-refractivity contribution in [3.05, 3.63) is 41.6 Å². The lowest BCUT2D eigenvalue weighted by Crippen LogP contribution is -2.25. The Morgan fingerprint density at radius 1 is 1.19 bits per heavy atom. The van der Waals surface area contributed by atoms with Gasteiger partial charge in [-0.2, -0.15) is 0 Å². The minimum Gasteiger partial charge on any atom is -0.478 e. The molecule has 0 aliphatic carbocycles. The fourth-order valence-corrected chi connectivity index (χ4v) is 2.62. The Kier molecular flexibility index (Phi) is 5.28. The molecule has 0 saturated heterocycles. The summed E-state index contributed by atoms with van der Waals surface area (Å²) in [6.45, 7) is 7.01. The summed E-state index contributed by atoms with van der Waals surface area (Å²) >= 11 is 0. The topological polar surface area (TPSA) is 53.4 Å². The van der Waals surface area contributed by atoms with E-state index in [1.54, 1.807) is 6.07 Å². The van der Waals surface area contributed by atoms with Crippen molar-refractivity contribution in [2.75, 3.05) is 13.1 Å². The van der Waals surface area contributed by atoms with Crippen molar-refractivity contribution in [3.63, 3.8) is 0 Å². The van der Waals surface area contributed by atoms with Gasteiger partial charge in [0.25, 0.3) is 0 Å². The van der Waals surface area contributed by atoms with Crippen molar-refractivity contribution >= 4 is 16.9 Å². The average Bonchev–Trinajstić information content (AvgIpc) is 2.47. The van der Waals surface area contributed by atoms with Crippen LogP contribution in [0, 0.1) is 0 Å². The second-order valence-corrected chi connectivity index (χ2v) is 5.26. The summed E-state index contributed by atoms with van der Waals surface area (Å²) in [6.07, 6.45) is 2.17. The van der Waals surface area contributed by atoms with Crippen LogP contribution in [0.4, 0.5) is 0 Å². The number of nitrogens with zero attached hydrogens (tertiary/aromatic N) is 2. The number of aromatic carboxylic acids is 1. The third-order valence-electron chi connectivity index (χ3n) is 3.46. The second kappa shape index (κ2) is 7.18. The van der Waals surface area contributed by atoms with Crippen LogP contribution in [0.2, 0.25) is 0 Å². The van der Waals surface area contributed by atoms with E-state index < -0.39 is 5.97 Å². The number of carbonyl (C=O) groups is 1. The first-order valence-corrected chi connectivity index (χ1v) is 7.50. The van der Waals surface area contributed by atoms with E-state index in [9.17, 15) is 9.90 Å². The lowest BCUT2D eigenvalue weighted by atomic mass is 10.1. The first kappa shape index (κ1) is 15.4. The van der Waals surface area contributed by atoms with E-state index in [1.807, 2.05) is 24.3 Å². The van der Waals surface area contributed by atoms with Gasteiger partial charge in [-0.15, -0.1) is 0 Å². The standard InChI is InChI=1S/C17H22N2O2/c1-3-9-19(10-4-2)12-13-11-15(17(20)21)14-7-5-6-8-16(14)18-13/h5-8,11H,3-4,9-10,12H2,1-2H3,(H,20,21). The zero-order valence-electron chi connectivity index (χ0n) is 12.7. The van der Waals surface area contributed by atoms with Crippen LogP contribution in [0.5, 0.6) is 0 Å². The Balaban J connectivity index is 2.37. The summed E-state index contributed by atoms with van der Waals surface area (Å²) in [5.74, 6) is -0.896. The molecule has 0 unspecified atom stereocenters. The van der Waals surface area contributed by atoms with E-state index in [-0.39, 0.29) is 0 Å². The van der Waals surface area contributed by atoms with Crippen LogP contribution in [-0.2, 0) is 6.54 Å². The Hall–Kier alpha value is -1.94. The Bertz CT molecular complexity index is 619. The van der Waals surface area contributed by atoms with Crippen LogP contribution in [0.3, 0.4) is 0 Å². The molecule has 1 aromatic heterocycles. The van der Waals surface area contributed by atoms with Gasteiger partial charge in [-0.25, -0.2) is 4.79 Å². The number of hydrogen-bond acceptors (Lipinski definition) is 3. The van der Waals surface area contributed by atoms with E-state index >= 15 is 0 Å². The highest BCUT2D eigenvalue weighted by Gasteiger charge is 2.13. The van der Waals surface area contributed by atoms with Crippen LogP contribution in [-0.4, -0.2) is 34.0 Å². The molecule has 1 heterocycles. The number of pyridine rings is 1. The van der Waals surface area contributed by atoms with Gasteiger partial charge in [-0.3, -0.25) is 9.88 Å². The lowest BCUT2D eigenvalue weighted by molar-refractivity contribution is 0.0698. The molecule has 0 bridgehead atoms. The molecule has 0 atom stereocenters. The zero-order chi connectivity index (χ0) is 15.2. The molecule has 2 aromatic rings. The highest BCUT2D eigenvalue weighted by atomic mass is 16.4. The molecular formula is C17H22N2O2. The lowest BCUT2D eigenvalue weighted by Gasteiger charge is -2.20. The summed E-state index contributed by atoms with van der Waals surface area (Å²) in [5.41, 5.74) is 1.91. The molecule has 4 heteroatoms. The van der Waals surface area contributed by atoms with Gasteiger partial charge in [-0.1, -0.05) is 32.0 Å². The quantitative estimate of drug-likeness (QED) is 0.845. The van der Waals surface area contributed by atoms with E-state index in [0.717, 1.165) is 37.1 Å². The van der Waals surface area contributed by atoms with Crippen molar-refractivity contribution in [1.82, 2.24) is 9.88 Å². The maximum atomic E-state index is 11.5.